The lowest BCUT2D eigenvalue weighted by molar-refractivity contribution is -0.238. The van der Waals surface area contributed by atoms with Gasteiger partial charge in [0.05, 0.1) is 11.1 Å². The lowest BCUT2D eigenvalue weighted by Gasteiger charge is -2.34. The molecule has 0 saturated carbocycles. The van der Waals surface area contributed by atoms with Crippen LogP contribution in [0, 0.1) is 0 Å². The van der Waals surface area contributed by atoms with Crippen LogP contribution in [0.25, 0.3) is 0 Å². The molecular weight excluding hydrogens is 200 g/mol. The van der Waals surface area contributed by atoms with E-state index in [2.05, 4.69) is 18.3 Å². The molecule has 0 aromatic rings. The van der Waals surface area contributed by atoms with E-state index in [9.17, 15) is 5.21 Å². The second-order valence-electron chi connectivity index (χ2n) is 5.71. The van der Waals surface area contributed by atoms with Crippen LogP contribution in [-0.2, 0) is 5.21 Å². The van der Waals surface area contributed by atoms with Crippen LogP contribution in [0.15, 0.2) is 11.6 Å². The number of hydrogen-bond donors (Lipinski definition) is 1. The summed E-state index contributed by atoms with van der Waals surface area (Å²) in [7, 11) is 0. The van der Waals surface area contributed by atoms with E-state index in [1.807, 2.05) is 27.7 Å². The van der Waals surface area contributed by atoms with Gasteiger partial charge in [0.2, 0.25) is 0 Å². The molecule has 0 aromatic heterocycles. The fourth-order valence-corrected chi connectivity index (χ4v) is 2.30. The topological polar surface area (TPSA) is 35.2 Å². The standard InChI is InChI=1S/C13H25N2O/c1-6-7-8-14-10-11-9-12(2,3)15(16)13(11,4)5/h9,14H,6-8,10H2,1-5H3. The summed E-state index contributed by atoms with van der Waals surface area (Å²) in [4.78, 5) is 0. The van der Waals surface area contributed by atoms with Gasteiger partial charge in [-0.15, -0.1) is 10.3 Å². The number of rotatable bonds is 5. The van der Waals surface area contributed by atoms with Gasteiger partial charge in [-0.1, -0.05) is 19.4 Å². The summed E-state index contributed by atoms with van der Waals surface area (Å²) in [6, 6.07) is 0. The molecule has 3 nitrogen and oxygen atoms in total. The molecule has 0 unspecified atom stereocenters. The van der Waals surface area contributed by atoms with E-state index >= 15 is 0 Å². The van der Waals surface area contributed by atoms with Crippen LogP contribution in [0.2, 0.25) is 0 Å². The van der Waals surface area contributed by atoms with Crippen LogP contribution >= 0.6 is 0 Å². The Morgan fingerprint density at radius 2 is 1.94 bits per heavy atom. The molecule has 16 heavy (non-hydrogen) atoms. The molecule has 0 amide bonds. The van der Waals surface area contributed by atoms with Crippen LogP contribution in [-0.4, -0.2) is 29.2 Å². The normalized spacial score (nSPS) is 23.5. The summed E-state index contributed by atoms with van der Waals surface area (Å²) in [5, 5.41) is 16.7. The predicted molar refractivity (Wildman–Crippen MR) is 66.5 cm³/mol. The van der Waals surface area contributed by atoms with Gasteiger partial charge < -0.3 is 5.32 Å². The zero-order chi connectivity index (χ0) is 12.4. The Morgan fingerprint density at radius 1 is 1.31 bits per heavy atom. The van der Waals surface area contributed by atoms with Crippen molar-refractivity contribution in [3.63, 3.8) is 0 Å². The lowest BCUT2D eigenvalue weighted by atomic mass is 9.96. The Bertz CT molecular complexity index is 269. The summed E-state index contributed by atoms with van der Waals surface area (Å²) in [5.74, 6) is 0. The molecule has 1 radical (unpaired) electrons. The van der Waals surface area contributed by atoms with Crippen molar-refractivity contribution in [3.05, 3.63) is 11.6 Å². The van der Waals surface area contributed by atoms with Gasteiger partial charge in [0.25, 0.3) is 0 Å². The van der Waals surface area contributed by atoms with Crippen molar-refractivity contribution >= 4 is 0 Å². The van der Waals surface area contributed by atoms with Gasteiger partial charge >= 0.3 is 0 Å². The summed E-state index contributed by atoms with van der Waals surface area (Å²) in [6.45, 7) is 12.0. The van der Waals surface area contributed by atoms with Crippen molar-refractivity contribution in [1.29, 1.82) is 0 Å². The van der Waals surface area contributed by atoms with Gasteiger partial charge in [-0.05, 0) is 46.2 Å². The number of unbranched alkanes of at least 4 members (excludes halogenated alkanes) is 1. The number of nitrogens with zero attached hydrogens (tertiary/aromatic N) is 1. The third-order valence-electron chi connectivity index (χ3n) is 3.37. The average Bonchev–Trinajstić information content (AvgIpc) is 2.34. The first-order valence-electron chi connectivity index (χ1n) is 6.22. The molecule has 0 spiro atoms. The monoisotopic (exact) mass is 225 g/mol. The highest BCUT2D eigenvalue weighted by atomic mass is 16.5. The molecule has 93 valence electrons. The van der Waals surface area contributed by atoms with Crippen molar-refractivity contribution in [1.82, 2.24) is 10.4 Å². The molecule has 0 saturated heterocycles. The van der Waals surface area contributed by atoms with E-state index in [1.54, 1.807) is 0 Å². The van der Waals surface area contributed by atoms with Crippen molar-refractivity contribution in [2.45, 2.75) is 58.5 Å². The minimum atomic E-state index is -0.372. The predicted octanol–water partition coefficient (Wildman–Crippen LogP) is 2.52. The maximum Gasteiger partial charge on any atom is 0.0668 e. The lowest BCUT2D eigenvalue weighted by Crippen LogP contribution is -2.47. The maximum absolute atomic E-state index is 12.1. The molecule has 0 atom stereocenters. The number of hydroxylamine groups is 2. The molecule has 1 aliphatic heterocycles. The molecule has 0 fully saturated rings. The first-order valence-corrected chi connectivity index (χ1v) is 6.22. The summed E-state index contributed by atoms with van der Waals surface area (Å²) in [5.41, 5.74) is 0.470. The number of hydrogen-bond acceptors (Lipinski definition) is 2. The van der Waals surface area contributed by atoms with Gasteiger partial charge in [-0.3, -0.25) is 0 Å². The quantitative estimate of drug-likeness (QED) is 0.576. The van der Waals surface area contributed by atoms with Crippen LogP contribution < -0.4 is 5.32 Å². The Balaban J connectivity index is 2.59. The second-order valence-corrected chi connectivity index (χ2v) is 5.71. The van der Waals surface area contributed by atoms with E-state index in [1.165, 1.54) is 23.5 Å². The van der Waals surface area contributed by atoms with Crippen molar-refractivity contribution in [3.8, 4) is 0 Å². The highest BCUT2D eigenvalue weighted by molar-refractivity contribution is 5.30. The highest BCUT2D eigenvalue weighted by Gasteiger charge is 2.45. The fraction of sp³-hybridized carbons (Fsp3) is 0.846. The zero-order valence-corrected chi connectivity index (χ0v) is 11.3. The second kappa shape index (κ2) is 4.86. The smallest absolute Gasteiger partial charge is 0.0668 e. The molecule has 0 aromatic carbocycles. The van der Waals surface area contributed by atoms with E-state index in [0.717, 1.165) is 13.1 Å². The molecular formula is C13H25N2O. The van der Waals surface area contributed by atoms with Gasteiger partial charge in [0.1, 0.15) is 0 Å². The van der Waals surface area contributed by atoms with Crippen LogP contribution in [0.1, 0.15) is 47.5 Å². The van der Waals surface area contributed by atoms with Crippen LogP contribution in [0.3, 0.4) is 0 Å². The van der Waals surface area contributed by atoms with E-state index in [-0.39, 0.29) is 11.1 Å². The minimum absolute atomic E-state index is 0.370. The van der Waals surface area contributed by atoms with Gasteiger partial charge in [0.15, 0.2) is 0 Å². The van der Waals surface area contributed by atoms with E-state index in [0.29, 0.717) is 0 Å². The Labute approximate surface area is 99.5 Å². The Hall–Kier alpha value is -0.380. The third-order valence-corrected chi connectivity index (χ3v) is 3.37. The molecule has 1 rings (SSSR count). The van der Waals surface area contributed by atoms with Gasteiger partial charge in [-0.2, -0.15) is 0 Å². The number of nitrogens with one attached hydrogen (secondary N) is 1. The Kier molecular flexibility index (Phi) is 4.16. The SMILES string of the molecule is CCCCNCC1=CC(C)(C)N([O])C1(C)C. The molecule has 0 aliphatic carbocycles. The van der Waals surface area contributed by atoms with Crippen molar-refractivity contribution < 1.29 is 5.21 Å². The molecule has 1 N–H and O–H groups in total. The minimum Gasteiger partial charge on any atom is -0.313 e. The first-order chi connectivity index (χ1) is 7.32. The molecule has 3 heteroatoms. The van der Waals surface area contributed by atoms with Crippen molar-refractivity contribution in [2.24, 2.45) is 0 Å². The zero-order valence-electron chi connectivity index (χ0n) is 11.3. The van der Waals surface area contributed by atoms with Crippen LogP contribution in [0.4, 0.5) is 0 Å². The molecule has 0 bridgehead atoms. The summed E-state index contributed by atoms with van der Waals surface area (Å²) in [6.07, 6.45) is 4.51. The summed E-state index contributed by atoms with van der Waals surface area (Å²) < 4.78 is 0. The van der Waals surface area contributed by atoms with Crippen LogP contribution in [0.5, 0.6) is 0 Å². The highest BCUT2D eigenvalue weighted by Crippen LogP contribution is 2.38. The maximum atomic E-state index is 12.1. The third kappa shape index (κ3) is 2.65. The van der Waals surface area contributed by atoms with Gasteiger partial charge in [-0.25, -0.2) is 0 Å². The van der Waals surface area contributed by atoms with Gasteiger partial charge in [0, 0.05) is 6.54 Å². The molecule has 1 heterocycles. The van der Waals surface area contributed by atoms with Crippen molar-refractivity contribution in [2.75, 3.05) is 13.1 Å². The largest absolute Gasteiger partial charge is 0.313 e. The summed E-state index contributed by atoms with van der Waals surface area (Å²) >= 11 is 0. The first kappa shape index (κ1) is 13.7. The van der Waals surface area contributed by atoms with E-state index < -0.39 is 0 Å². The fourth-order valence-electron chi connectivity index (χ4n) is 2.30. The average molecular weight is 225 g/mol. The van der Waals surface area contributed by atoms with E-state index in [4.69, 9.17) is 0 Å². The molecule has 1 aliphatic rings. The Morgan fingerprint density at radius 3 is 2.38 bits per heavy atom.